The fourth-order valence-corrected chi connectivity index (χ4v) is 2.09. The van der Waals surface area contributed by atoms with E-state index in [-0.39, 0.29) is 5.02 Å². The molecule has 0 aliphatic carbocycles. The number of nitrogens with two attached hydrogens (primary N) is 1. The molecule has 3 N–H and O–H groups in total. The van der Waals surface area contributed by atoms with Gasteiger partial charge in [-0.15, -0.1) is 0 Å². The molecular weight excluding hydrogens is 263 g/mol. The van der Waals surface area contributed by atoms with Gasteiger partial charge in [-0.3, -0.25) is 0 Å². The predicted molar refractivity (Wildman–Crippen MR) is 79.6 cm³/mol. The maximum atomic E-state index is 13.3. The van der Waals surface area contributed by atoms with E-state index in [1.54, 1.807) is 0 Å². The number of benzene rings is 2. The molecular formula is C15H16ClFN2. The number of hydrogen-bond donors (Lipinski definition) is 2. The molecule has 19 heavy (non-hydrogen) atoms. The summed E-state index contributed by atoms with van der Waals surface area (Å²) in [4.78, 5) is 0. The molecule has 0 fully saturated rings. The van der Waals surface area contributed by atoms with Gasteiger partial charge < -0.3 is 11.1 Å². The van der Waals surface area contributed by atoms with Gasteiger partial charge in [0.1, 0.15) is 5.82 Å². The minimum atomic E-state index is -0.512. The highest BCUT2D eigenvalue weighted by molar-refractivity contribution is 6.31. The van der Waals surface area contributed by atoms with E-state index in [1.807, 2.05) is 24.3 Å². The van der Waals surface area contributed by atoms with Crippen LogP contribution in [-0.2, 0) is 0 Å². The van der Waals surface area contributed by atoms with Crippen molar-refractivity contribution in [2.45, 2.75) is 19.8 Å². The van der Waals surface area contributed by atoms with Crippen LogP contribution in [0.4, 0.5) is 21.5 Å². The minimum Gasteiger partial charge on any atom is -0.397 e. The lowest BCUT2D eigenvalue weighted by molar-refractivity contribution is 0.629. The Morgan fingerprint density at radius 1 is 1.16 bits per heavy atom. The first kappa shape index (κ1) is 13.7. The maximum Gasteiger partial charge on any atom is 0.143 e. The van der Waals surface area contributed by atoms with Crippen molar-refractivity contribution >= 4 is 28.7 Å². The van der Waals surface area contributed by atoms with Crippen LogP contribution in [0.1, 0.15) is 25.3 Å². The summed E-state index contributed by atoms with van der Waals surface area (Å²) in [5, 5.41) is 3.27. The van der Waals surface area contributed by atoms with Gasteiger partial charge in [0.15, 0.2) is 0 Å². The molecule has 0 aliphatic rings. The molecule has 2 rings (SSSR count). The third-order valence-electron chi connectivity index (χ3n) is 2.94. The van der Waals surface area contributed by atoms with Crippen LogP contribution in [0, 0.1) is 5.82 Å². The van der Waals surface area contributed by atoms with E-state index >= 15 is 0 Å². The van der Waals surface area contributed by atoms with Crippen LogP contribution in [0.2, 0.25) is 5.02 Å². The van der Waals surface area contributed by atoms with E-state index in [4.69, 9.17) is 17.3 Å². The molecule has 0 radical (unpaired) electrons. The lowest BCUT2D eigenvalue weighted by atomic mass is 10.0. The summed E-state index contributed by atoms with van der Waals surface area (Å²) < 4.78 is 13.3. The molecule has 0 atom stereocenters. The Kier molecular flexibility index (Phi) is 3.96. The summed E-state index contributed by atoms with van der Waals surface area (Å²) >= 11 is 5.78. The molecule has 0 heterocycles. The highest BCUT2D eigenvalue weighted by Gasteiger charge is 2.10. The van der Waals surface area contributed by atoms with Crippen molar-refractivity contribution in [2.24, 2.45) is 0 Å². The number of rotatable bonds is 3. The zero-order valence-electron chi connectivity index (χ0n) is 10.9. The minimum absolute atomic E-state index is 0.0544. The second kappa shape index (κ2) is 5.49. The van der Waals surface area contributed by atoms with E-state index in [0.717, 1.165) is 5.69 Å². The fraction of sp³-hybridized carbons (Fsp3) is 0.200. The molecule has 2 aromatic carbocycles. The topological polar surface area (TPSA) is 38.0 Å². The number of para-hydroxylation sites is 1. The Labute approximate surface area is 117 Å². The van der Waals surface area contributed by atoms with Crippen LogP contribution in [-0.4, -0.2) is 0 Å². The number of hydrogen-bond acceptors (Lipinski definition) is 2. The van der Waals surface area contributed by atoms with Gasteiger partial charge in [0, 0.05) is 11.8 Å². The number of halogens is 2. The van der Waals surface area contributed by atoms with Crippen LogP contribution in [0.15, 0.2) is 36.4 Å². The molecule has 0 bridgehead atoms. The van der Waals surface area contributed by atoms with Crippen LogP contribution in [0.25, 0.3) is 0 Å². The third-order valence-corrected chi connectivity index (χ3v) is 3.23. The van der Waals surface area contributed by atoms with Gasteiger partial charge in [-0.1, -0.05) is 43.6 Å². The zero-order chi connectivity index (χ0) is 14.0. The van der Waals surface area contributed by atoms with Gasteiger partial charge in [0.2, 0.25) is 0 Å². The number of nitrogens with one attached hydrogen (secondary N) is 1. The van der Waals surface area contributed by atoms with Crippen molar-refractivity contribution in [3.05, 3.63) is 52.8 Å². The molecule has 0 unspecified atom stereocenters. The van der Waals surface area contributed by atoms with Crippen molar-refractivity contribution in [1.82, 2.24) is 0 Å². The van der Waals surface area contributed by atoms with E-state index in [9.17, 15) is 4.39 Å². The Morgan fingerprint density at radius 3 is 2.53 bits per heavy atom. The van der Waals surface area contributed by atoms with Gasteiger partial charge in [-0.2, -0.15) is 0 Å². The first-order chi connectivity index (χ1) is 8.99. The molecule has 0 saturated carbocycles. The van der Waals surface area contributed by atoms with Gasteiger partial charge in [-0.05, 0) is 23.6 Å². The summed E-state index contributed by atoms with van der Waals surface area (Å²) in [7, 11) is 0. The monoisotopic (exact) mass is 278 g/mol. The fourth-order valence-electron chi connectivity index (χ4n) is 1.93. The summed E-state index contributed by atoms with van der Waals surface area (Å²) in [5.74, 6) is -0.136. The number of nitrogen functional groups attached to an aromatic ring is 1. The smallest absolute Gasteiger partial charge is 0.143 e. The quantitative estimate of drug-likeness (QED) is 0.782. The summed E-state index contributed by atoms with van der Waals surface area (Å²) in [6.07, 6.45) is 0. The van der Waals surface area contributed by atoms with E-state index < -0.39 is 5.82 Å². The average Bonchev–Trinajstić information content (AvgIpc) is 2.36. The lowest BCUT2D eigenvalue weighted by Gasteiger charge is -2.16. The average molecular weight is 279 g/mol. The van der Waals surface area contributed by atoms with Crippen LogP contribution in [0.5, 0.6) is 0 Å². The summed E-state index contributed by atoms with van der Waals surface area (Å²) in [5.41, 5.74) is 8.87. The van der Waals surface area contributed by atoms with Crippen molar-refractivity contribution < 1.29 is 4.39 Å². The van der Waals surface area contributed by atoms with Gasteiger partial charge in [0.25, 0.3) is 0 Å². The van der Waals surface area contributed by atoms with E-state index in [1.165, 1.54) is 17.7 Å². The molecule has 0 aromatic heterocycles. The largest absolute Gasteiger partial charge is 0.397 e. The Hall–Kier alpha value is -1.74. The second-order valence-corrected chi connectivity index (χ2v) is 5.13. The van der Waals surface area contributed by atoms with Crippen molar-refractivity contribution in [2.75, 3.05) is 11.1 Å². The van der Waals surface area contributed by atoms with Crippen LogP contribution in [0.3, 0.4) is 0 Å². The molecule has 0 aliphatic heterocycles. The molecule has 100 valence electrons. The molecule has 2 aromatic rings. The van der Waals surface area contributed by atoms with Crippen molar-refractivity contribution in [3.63, 3.8) is 0 Å². The molecule has 2 nitrogen and oxygen atoms in total. The third kappa shape index (κ3) is 2.99. The van der Waals surface area contributed by atoms with Crippen molar-refractivity contribution in [3.8, 4) is 0 Å². The van der Waals surface area contributed by atoms with Crippen LogP contribution >= 0.6 is 11.6 Å². The van der Waals surface area contributed by atoms with Crippen LogP contribution < -0.4 is 11.1 Å². The normalized spacial score (nSPS) is 10.8. The lowest BCUT2D eigenvalue weighted by Crippen LogP contribution is -2.01. The molecule has 0 saturated heterocycles. The molecule has 0 amide bonds. The Morgan fingerprint density at radius 2 is 1.84 bits per heavy atom. The highest BCUT2D eigenvalue weighted by atomic mass is 35.5. The number of anilines is 3. The Bertz CT molecular complexity index is 597. The van der Waals surface area contributed by atoms with Crippen molar-refractivity contribution in [1.29, 1.82) is 0 Å². The van der Waals surface area contributed by atoms with Gasteiger partial charge in [0.05, 0.1) is 16.4 Å². The highest BCUT2D eigenvalue weighted by Crippen LogP contribution is 2.32. The predicted octanol–water partition coefficient (Wildman–Crippen LogP) is 4.93. The standard InChI is InChI=1S/C15H16ClFN2/c1-9(2)10-5-3-4-6-14(10)19-15-7-11(16)12(17)8-13(15)18/h3-9,19H,18H2,1-2H3. The Balaban J connectivity index is 2.39. The zero-order valence-corrected chi connectivity index (χ0v) is 11.6. The first-order valence-electron chi connectivity index (χ1n) is 6.09. The van der Waals surface area contributed by atoms with E-state index in [0.29, 0.717) is 17.3 Å². The summed E-state index contributed by atoms with van der Waals surface area (Å²) in [6, 6.07) is 10.7. The SMILES string of the molecule is CC(C)c1ccccc1Nc1cc(Cl)c(F)cc1N. The second-order valence-electron chi connectivity index (χ2n) is 4.72. The molecule has 4 heteroatoms. The molecule has 0 spiro atoms. The van der Waals surface area contributed by atoms with E-state index in [2.05, 4.69) is 19.2 Å². The maximum absolute atomic E-state index is 13.3. The van der Waals surface area contributed by atoms with Gasteiger partial charge >= 0.3 is 0 Å². The van der Waals surface area contributed by atoms with Gasteiger partial charge in [-0.25, -0.2) is 4.39 Å². The first-order valence-corrected chi connectivity index (χ1v) is 6.47. The summed E-state index contributed by atoms with van der Waals surface area (Å²) in [6.45, 7) is 4.23.